The molecule has 2 heterocycles. The van der Waals surface area contributed by atoms with Gasteiger partial charge in [-0.3, -0.25) is 4.79 Å². The van der Waals surface area contributed by atoms with Crippen LogP contribution in [0, 0.1) is 5.82 Å². The molecule has 0 spiro atoms. The zero-order valence-corrected chi connectivity index (χ0v) is 20.2. The molecule has 0 aliphatic rings. The second-order valence-corrected chi connectivity index (χ2v) is 10.1. The lowest BCUT2D eigenvalue weighted by molar-refractivity contribution is 0.0951. The van der Waals surface area contributed by atoms with E-state index in [0.29, 0.717) is 16.9 Å². The predicted octanol–water partition coefficient (Wildman–Crippen LogP) is 3.56. The van der Waals surface area contributed by atoms with Gasteiger partial charge in [-0.2, -0.15) is 5.10 Å². The van der Waals surface area contributed by atoms with Crippen molar-refractivity contribution in [1.82, 2.24) is 24.4 Å². The third-order valence-corrected chi connectivity index (χ3v) is 6.76. The summed E-state index contributed by atoms with van der Waals surface area (Å²) in [5.74, 6) is -0.707. The van der Waals surface area contributed by atoms with Crippen LogP contribution in [0.2, 0.25) is 0 Å². The molecule has 1 amide bonds. The highest BCUT2D eigenvalue weighted by Crippen LogP contribution is 2.22. The summed E-state index contributed by atoms with van der Waals surface area (Å²) in [7, 11) is -3.53. The molecule has 0 atom stereocenters. The summed E-state index contributed by atoms with van der Waals surface area (Å²) in [5, 5.41) is 7.13. The summed E-state index contributed by atoms with van der Waals surface area (Å²) in [6.45, 7) is 3.63. The SMILES string of the molecule is CC(C)NS(=O)(=O)Cc1ccccc1CNC(=O)c1cnn(-c2ccccc2F)c1-n1cccc1. The van der Waals surface area contributed by atoms with Crippen LogP contribution < -0.4 is 10.0 Å². The number of rotatable bonds is 9. The molecule has 10 heteroatoms. The van der Waals surface area contributed by atoms with Crippen LogP contribution in [0.4, 0.5) is 4.39 Å². The van der Waals surface area contributed by atoms with Crippen LogP contribution in [-0.4, -0.2) is 34.7 Å². The first-order valence-electron chi connectivity index (χ1n) is 11.1. The summed E-state index contributed by atoms with van der Waals surface area (Å²) < 4.78 is 45.0. The van der Waals surface area contributed by atoms with Crippen molar-refractivity contribution in [2.45, 2.75) is 32.2 Å². The topological polar surface area (TPSA) is 98.0 Å². The fraction of sp³-hybridized carbons (Fsp3) is 0.200. The number of para-hydroxylation sites is 1. The molecule has 182 valence electrons. The van der Waals surface area contributed by atoms with Gasteiger partial charge in [-0.15, -0.1) is 0 Å². The van der Waals surface area contributed by atoms with E-state index in [9.17, 15) is 17.6 Å². The maximum absolute atomic E-state index is 14.5. The van der Waals surface area contributed by atoms with Crippen molar-refractivity contribution in [3.63, 3.8) is 0 Å². The Kier molecular flexibility index (Phi) is 7.13. The van der Waals surface area contributed by atoms with E-state index in [1.807, 2.05) is 0 Å². The Hall–Kier alpha value is -3.76. The highest BCUT2D eigenvalue weighted by Gasteiger charge is 2.22. The summed E-state index contributed by atoms with van der Waals surface area (Å²) >= 11 is 0. The van der Waals surface area contributed by atoms with Crippen LogP contribution >= 0.6 is 0 Å². The molecule has 0 bridgehead atoms. The quantitative estimate of drug-likeness (QED) is 0.371. The molecule has 2 aromatic carbocycles. The number of nitrogens with zero attached hydrogens (tertiary/aromatic N) is 3. The standard InChI is InChI=1S/C25H26FN5O3S/c1-18(2)29-35(33,34)17-20-10-4-3-9-19(20)15-27-24(32)21-16-28-31(23-12-6-5-11-22(23)26)25(21)30-13-7-8-14-30/h3-14,16,18,29H,15,17H2,1-2H3,(H,27,32). The van der Waals surface area contributed by atoms with Crippen molar-refractivity contribution in [3.05, 3.63) is 102 Å². The van der Waals surface area contributed by atoms with Crippen LogP contribution in [0.5, 0.6) is 0 Å². The smallest absolute Gasteiger partial charge is 0.256 e. The van der Waals surface area contributed by atoms with Crippen molar-refractivity contribution in [3.8, 4) is 11.5 Å². The summed E-state index contributed by atoms with van der Waals surface area (Å²) in [5.41, 5.74) is 1.73. The molecular weight excluding hydrogens is 469 g/mol. The first-order valence-corrected chi connectivity index (χ1v) is 12.7. The fourth-order valence-corrected chi connectivity index (χ4v) is 5.27. The zero-order valence-electron chi connectivity index (χ0n) is 19.3. The molecule has 35 heavy (non-hydrogen) atoms. The molecule has 2 N–H and O–H groups in total. The minimum absolute atomic E-state index is 0.113. The predicted molar refractivity (Wildman–Crippen MR) is 131 cm³/mol. The highest BCUT2D eigenvalue weighted by molar-refractivity contribution is 7.88. The summed E-state index contributed by atoms with van der Waals surface area (Å²) in [4.78, 5) is 13.2. The lowest BCUT2D eigenvalue weighted by Gasteiger charge is -2.14. The minimum Gasteiger partial charge on any atom is -0.348 e. The van der Waals surface area contributed by atoms with Crippen molar-refractivity contribution < 1.29 is 17.6 Å². The van der Waals surface area contributed by atoms with Gasteiger partial charge in [0.1, 0.15) is 17.1 Å². The summed E-state index contributed by atoms with van der Waals surface area (Å²) in [6.07, 6.45) is 4.88. The maximum atomic E-state index is 14.5. The Morgan fingerprint density at radius 2 is 1.66 bits per heavy atom. The van der Waals surface area contributed by atoms with Gasteiger partial charge >= 0.3 is 0 Å². The van der Waals surface area contributed by atoms with E-state index >= 15 is 0 Å². The van der Waals surface area contributed by atoms with Gasteiger partial charge in [-0.1, -0.05) is 36.4 Å². The van der Waals surface area contributed by atoms with Crippen molar-refractivity contribution in [1.29, 1.82) is 0 Å². The minimum atomic E-state index is -3.53. The van der Waals surface area contributed by atoms with E-state index in [2.05, 4.69) is 15.1 Å². The van der Waals surface area contributed by atoms with E-state index < -0.39 is 21.7 Å². The molecule has 0 saturated heterocycles. The molecule has 0 unspecified atom stereocenters. The highest BCUT2D eigenvalue weighted by atomic mass is 32.2. The first-order chi connectivity index (χ1) is 16.7. The van der Waals surface area contributed by atoms with Gasteiger partial charge in [0, 0.05) is 25.0 Å². The van der Waals surface area contributed by atoms with Gasteiger partial charge < -0.3 is 9.88 Å². The van der Waals surface area contributed by atoms with Gasteiger partial charge in [0.05, 0.1) is 11.9 Å². The second-order valence-electron chi connectivity index (χ2n) is 8.32. The number of carbonyl (C=O) groups is 1. The Morgan fingerprint density at radius 3 is 2.34 bits per heavy atom. The normalized spacial score (nSPS) is 11.7. The van der Waals surface area contributed by atoms with Crippen LogP contribution in [-0.2, 0) is 22.3 Å². The van der Waals surface area contributed by atoms with Crippen LogP contribution in [0.1, 0.15) is 35.3 Å². The van der Waals surface area contributed by atoms with Crippen molar-refractivity contribution in [2.24, 2.45) is 0 Å². The number of benzene rings is 2. The van der Waals surface area contributed by atoms with Crippen molar-refractivity contribution in [2.75, 3.05) is 0 Å². The van der Waals surface area contributed by atoms with Gasteiger partial charge in [-0.25, -0.2) is 22.2 Å². The summed E-state index contributed by atoms with van der Waals surface area (Å²) in [6, 6.07) is 16.6. The van der Waals surface area contributed by atoms with Gasteiger partial charge in [0.15, 0.2) is 5.82 Å². The number of sulfonamides is 1. The first kappa shape index (κ1) is 24.4. The van der Waals surface area contributed by atoms with Crippen LogP contribution in [0.15, 0.2) is 79.3 Å². The fourth-order valence-electron chi connectivity index (χ4n) is 3.77. The number of carbonyl (C=O) groups excluding carboxylic acids is 1. The number of amides is 1. The van der Waals surface area contributed by atoms with E-state index in [1.54, 1.807) is 85.4 Å². The number of nitrogens with one attached hydrogen (secondary N) is 2. The van der Waals surface area contributed by atoms with E-state index in [4.69, 9.17) is 0 Å². The molecule has 4 rings (SSSR count). The maximum Gasteiger partial charge on any atom is 0.256 e. The second kappa shape index (κ2) is 10.2. The molecule has 4 aromatic rings. The number of hydrogen-bond donors (Lipinski definition) is 2. The zero-order chi connectivity index (χ0) is 25.0. The molecule has 0 aliphatic heterocycles. The average Bonchev–Trinajstić information content (AvgIpc) is 3.47. The molecule has 0 fully saturated rings. The lowest BCUT2D eigenvalue weighted by Crippen LogP contribution is -2.32. The Labute approximate surface area is 203 Å². The Balaban J connectivity index is 1.60. The molecule has 8 nitrogen and oxygen atoms in total. The van der Waals surface area contributed by atoms with E-state index in [0.717, 1.165) is 0 Å². The molecule has 0 saturated carbocycles. The van der Waals surface area contributed by atoms with Gasteiger partial charge in [0.2, 0.25) is 10.0 Å². The largest absolute Gasteiger partial charge is 0.348 e. The molecule has 2 aromatic heterocycles. The van der Waals surface area contributed by atoms with E-state index in [1.165, 1.54) is 16.9 Å². The third-order valence-electron chi connectivity index (χ3n) is 5.24. The van der Waals surface area contributed by atoms with Gasteiger partial charge in [-0.05, 0) is 49.2 Å². The van der Waals surface area contributed by atoms with E-state index in [-0.39, 0.29) is 29.6 Å². The average molecular weight is 496 g/mol. The Morgan fingerprint density at radius 1 is 1.00 bits per heavy atom. The van der Waals surface area contributed by atoms with Crippen molar-refractivity contribution >= 4 is 15.9 Å². The number of halogens is 1. The number of hydrogen-bond acceptors (Lipinski definition) is 4. The van der Waals surface area contributed by atoms with Crippen LogP contribution in [0.3, 0.4) is 0 Å². The van der Waals surface area contributed by atoms with Gasteiger partial charge in [0.25, 0.3) is 5.91 Å². The lowest BCUT2D eigenvalue weighted by atomic mass is 10.1. The van der Waals surface area contributed by atoms with Crippen LogP contribution in [0.25, 0.3) is 11.5 Å². The molecule has 0 radical (unpaired) electrons. The molecular formula is C25H26FN5O3S. The third kappa shape index (κ3) is 5.67. The monoisotopic (exact) mass is 495 g/mol. The number of aromatic nitrogens is 3. The molecule has 0 aliphatic carbocycles. The Bertz CT molecular complexity index is 1430.